The Morgan fingerprint density at radius 1 is 1.54 bits per heavy atom. The molecule has 1 N–H and O–H groups in total. The molecule has 0 aromatic heterocycles. The maximum atomic E-state index is 10.9. The van der Waals surface area contributed by atoms with Crippen molar-refractivity contribution in [1.29, 1.82) is 5.41 Å². The Morgan fingerprint density at radius 3 is 2.85 bits per heavy atom. The van der Waals surface area contributed by atoms with Gasteiger partial charge in [-0.2, -0.15) is 0 Å². The lowest BCUT2D eigenvalue weighted by atomic mass is 10.1. The lowest BCUT2D eigenvalue weighted by Crippen LogP contribution is -2.00. The standard InChI is InChI=1S/C10H11NO2/c1-8(12)6-9-4-2-3-5-10(9)13-7-11/h2-5,7,11H,6H2,1H3. The smallest absolute Gasteiger partial charge is 0.173 e. The molecule has 0 amide bonds. The number of hydrogen-bond donors (Lipinski definition) is 1. The highest BCUT2D eigenvalue weighted by molar-refractivity contribution is 5.79. The first-order valence-corrected chi connectivity index (χ1v) is 3.97. The summed E-state index contributed by atoms with van der Waals surface area (Å²) in [5.41, 5.74) is 0.818. The predicted molar refractivity (Wildman–Crippen MR) is 50.2 cm³/mol. The molecule has 3 nitrogen and oxygen atoms in total. The highest BCUT2D eigenvalue weighted by Gasteiger charge is 2.03. The van der Waals surface area contributed by atoms with Gasteiger partial charge in [-0.1, -0.05) is 18.2 Å². The summed E-state index contributed by atoms with van der Waals surface area (Å²) >= 11 is 0. The van der Waals surface area contributed by atoms with Crippen LogP contribution in [-0.4, -0.2) is 12.2 Å². The zero-order valence-electron chi connectivity index (χ0n) is 7.41. The molecule has 13 heavy (non-hydrogen) atoms. The summed E-state index contributed by atoms with van der Waals surface area (Å²) < 4.78 is 4.93. The van der Waals surface area contributed by atoms with Crippen molar-refractivity contribution < 1.29 is 9.53 Å². The van der Waals surface area contributed by atoms with Crippen LogP contribution in [0.4, 0.5) is 0 Å². The summed E-state index contributed by atoms with van der Waals surface area (Å²) in [7, 11) is 0. The number of carbonyl (C=O) groups is 1. The van der Waals surface area contributed by atoms with Crippen molar-refractivity contribution >= 4 is 12.2 Å². The quantitative estimate of drug-likeness (QED) is 0.563. The summed E-state index contributed by atoms with van der Waals surface area (Å²) in [5.74, 6) is 0.661. The molecule has 0 aliphatic carbocycles. The Hall–Kier alpha value is -1.64. The summed E-state index contributed by atoms with van der Waals surface area (Å²) in [6, 6.07) is 7.21. The van der Waals surface area contributed by atoms with Crippen molar-refractivity contribution in [2.75, 3.05) is 0 Å². The topological polar surface area (TPSA) is 50.2 Å². The Bertz CT molecular complexity index is 320. The maximum absolute atomic E-state index is 10.9. The van der Waals surface area contributed by atoms with Crippen LogP contribution in [0.25, 0.3) is 0 Å². The Kier molecular flexibility index (Phi) is 3.20. The molecule has 1 rings (SSSR count). The summed E-state index contributed by atoms with van der Waals surface area (Å²) in [6.45, 7) is 1.53. The van der Waals surface area contributed by atoms with Gasteiger partial charge in [-0.15, -0.1) is 0 Å². The minimum atomic E-state index is 0.0843. The first-order chi connectivity index (χ1) is 6.24. The second-order valence-corrected chi connectivity index (χ2v) is 2.72. The first-order valence-electron chi connectivity index (χ1n) is 3.97. The zero-order valence-corrected chi connectivity index (χ0v) is 7.41. The highest BCUT2D eigenvalue weighted by atomic mass is 16.5. The third-order valence-corrected chi connectivity index (χ3v) is 1.60. The fourth-order valence-corrected chi connectivity index (χ4v) is 1.10. The summed E-state index contributed by atoms with van der Waals surface area (Å²) in [4.78, 5) is 10.9. The Balaban J connectivity index is 2.90. The molecule has 0 aliphatic heterocycles. The molecule has 1 aromatic carbocycles. The van der Waals surface area contributed by atoms with Crippen LogP contribution in [0, 0.1) is 5.41 Å². The van der Waals surface area contributed by atoms with E-state index < -0.39 is 0 Å². The number of rotatable bonds is 4. The van der Waals surface area contributed by atoms with Crippen LogP contribution in [0.1, 0.15) is 12.5 Å². The van der Waals surface area contributed by atoms with Gasteiger partial charge < -0.3 is 4.74 Å². The summed E-state index contributed by atoms with van der Waals surface area (Å²) in [6.07, 6.45) is 1.21. The van der Waals surface area contributed by atoms with Gasteiger partial charge in [-0.25, -0.2) is 0 Å². The Labute approximate surface area is 76.9 Å². The van der Waals surface area contributed by atoms with Crippen molar-refractivity contribution in [3.05, 3.63) is 29.8 Å². The molecular formula is C10H11NO2. The van der Waals surface area contributed by atoms with Gasteiger partial charge >= 0.3 is 0 Å². The monoisotopic (exact) mass is 177 g/mol. The normalized spacial score (nSPS) is 9.31. The van der Waals surface area contributed by atoms with Crippen LogP contribution in [0.2, 0.25) is 0 Å². The van der Waals surface area contributed by atoms with Gasteiger partial charge in [0, 0.05) is 12.0 Å². The lowest BCUT2D eigenvalue weighted by Gasteiger charge is -2.04. The molecule has 0 radical (unpaired) electrons. The van der Waals surface area contributed by atoms with E-state index in [9.17, 15) is 4.79 Å². The minimum absolute atomic E-state index is 0.0843. The van der Waals surface area contributed by atoms with Crippen molar-refractivity contribution in [3.8, 4) is 5.75 Å². The van der Waals surface area contributed by atoms with Crippen LogP contribution >= 0.6 is 0 Å². The van der Waals surface area contributed by atoms with Gasteiger partial charge in [-0.3, -0.25) is 10.2 Å². The molecule has 0 spiro atoms. The average molecular weight is 177 g/mol. The van der Waals surface area contributed by atoms with E-state index >= 15 is 0 Å². The highest BCUT2D eigenvalue weighted by Crippen LogP contribution is 2.17. The van der Waals surface area contributed by atoms with E-state index in [0.717, 1.165) is 12.0 Å². The van der Waals surface area contributed by atoms with Gasteiger partial charge in [-0.05, 0) is 13.0 Å². The third-order valence-electron chi connectivity index (χ3n) is 1.60. The molecule has 0 unspecified atom stereocenters. The second kappa shape index (κ2) is 4.40. The number of hydrogen-bond acceptors (Lipinski definition) is 3. The third kappa shape index (κ3) is 2.71. The van der Waals surface area contributed by atoms with E-state index in [0.29, 0.717) is 12.2 Å². The molecule has 0 aliphatic rings. The van der Waals surface area contributed by atoms with Gasteiger partial charge in [0.15, 0.2) is 6.40 Å². The molecule has 0 heterocycles. The largest absolute Gasteiger partial charge is 0.446 e. The minimum Gasteiger partial charge on any atom is -0.446 e. The van der Waals surface area contributed by atoms with Gasteiger partial charge in [0.25, 0.3) is 0 Å². The van der Waals surface area contributed by atoms with Gasteiger partial charge in [0.2, 0.25) is 0 Å². The van der Waals surface area contributed by atoms with Crippen molar-refractivity contribution in [3.63, 3.8) is 0 Å². The van der Waals surface area contributed by atoms with Crippen LogP contribution in [-0.2, 0) is 11.2 Å². The molecule has 0 saturated heterocycles. The predicted octanol–water partition coefficient (Wildman–Crippen LogP) is 1.80. The number of Topliss-reactive ketones (excluding diaryl/α,β-unsaturated/α-hetero) is 1. The van der Waals surface area contributed by atoms with E-state index in [-0.39, 0.29) is 5.78 Å². The lowest BCUT2D eigenvalue weighted by molar-refractivity contribution is -0.116. The van der Waals surface area contributed by atoms with E-state index in [1.54, 1.807) is 6.07 Å². The van der Waals surface area contributed by atoms with Crippen molar-refractivity contribution in [2.24, 2.45) is 0 Å². The number of nitrogens with one attached hydrogen (secondary N) is 1. The van der Waals surface area contributed by atoms with Crippen LogP contribution < -0.4 is 4.74 Å². The van der Waals surface area contributed by atoms with Crippen molar-refractivity contribution in [1.82, 2.24) is 0 Å². The van der Waals surface area contributed by atoms with Gasteiger partial charge in [0.05, 0.1) is 0 Å². The number of benzene rings is 1. The molecule has 68 valence electrons. The second-order valence-electron chi connectivity index (χ2n) is 2.72. The van der Waals surface area contributed by atoms with E-state index in [4.69, 9.17) is 10.1 Å². The van der Waals surface area contributed by atoms with E-state index in [2.05, 4.69) is 0 Å². The van der Waals surface area contributed by atoms with Crippen LogP contribution in [0.3, 0.4) is 0 Å². The van der Waals surface area contributed by atoms with Gasteiger partial charge in [0.1, 0.15) is 11.5 Å². The number of ketones is 1. The number of carbonyl (C=O) groups excluding carboxylic acids is 1. The van der Waals surface area contributed by atoms with E-state index in [1.165, 1.54) is 6.92 Å². The maximum Gasteiger partial charge on any atom is 0.173 e. The SMILES string of the molecule is CC(=O)Cc1ccccc1OC=N. The molecule has 0 bridgehead atoms. The fourth-order valence-electron chi connectivity index (χ4n) is 1.10. The Morgan fingerprint density at radius 2 is 2.23 bits per heavy atom. The van der Waals surface area contributed by atoms with Crippen LogP contribution in [0.5, 0.6) is 5.75 Å². The van der Waals surface area contributed by atoms with E-state index in [1.807, 2.05) is 18.2 Å². The molecule has 0 fully saturated rings. The van der Waals surface area contributed by atoms with Crippen LogP contribution in [0.15, 0.2) is 24.3 Å². The van der Waals surface area contributed by atoms with Crippen molar-refractivity contribution in [2.45, 2.75) is 13.3 Å². The zero-order chi connectivity index (χ0) is 9.68. The molecule has 0 saturated carbocycles. The average Bonchev–Trinajstić information content (AvgIpc) is 2.08. The molecule has 0 atom stereocenters. The summed E-state index contributed by atoms with van der Waals surface area (Å²) in [5, 5.41) is 6.79. The first kappa shape index (κ1) is 9.45. The fraction of sp³-hybridized carbons (Fsp3) is 0.200. The number of ether oxygens (including phenoxy) is 1. The molecule has 1 aromatic rings. The molecular weight excluding hydrogens is 166 g/mol. The number of para-hydroxylation sites is 1. The molecule has 3 heteroatoms.